The zero-order chi connectivity index (χ0) is 26.4. The third kappa shape index (κ3) is 6.26. The Hall–Kier alpha value is -4.36. The number of carbonyl (C=O) groups excluding carboxylic acids is 3. The van der Waals surface area contributed by atoms with Gasteiger partial charge in [-0.05, 0) is 88.3 Å². The lowest BCUT2D eigenvalue weighted by Gasteiger charge is -2.10. The maximum Gasteiger partial charge on any atom is 0.335 e. The summed E-state index contributed by atoms with van der Waals surface area (Å²) < 4.78 is 15.8. The van der Waals surface area contributed by atoms with E-state index in [-0.39, 0.29) is 18.3 Å². The Bertz CT molecular complexity index is 1540. The van der Waals surface area contributed by atoms with Gasteiger partial charge in [0.25, 0.3) is 0 Å². The standard InChI is InChI=1S/C30H24O6S/c1-4-28(31)35-15-14-34-23-9-11-25-20(17-23)6-7-21-18-24(10-12-26(21)25)37-30(33)22-8-13-27(19(3)16-22)36-29(32)5-2/h4-13,16-18H,1-2,14-15H2,3H3. The van der Waals surface area contributed by atoms with Crippen molar-refractivity contribution in [3.63, 3.8) is 0 Å². The van der Waals surface area contributed by atoms with Gasteiger partial charge in [-0.2, -0.15) is 0 Å². The Kier molecular flexibility index (Phi) is 8.05. The molecular formula is C30H24O6S. The first-order valence-corrected chi connectivity index (χ1v) is 12.2. The number of aryl methyl sites for hydroxylation is 1. The number of rotatable bonds is 9. The molecule has 0 aliphatic carbocycles. The van der Waals surface area contributed by atoms with Crippen LogP contribution in [0.25, 0.3) is 21.5 Å². The quantitative estimate of drug-likeness (QED) is 0.0638. The van der Waals surface area contributed by atoms with Gasteiger partial charge in [-0.1, -0.05) is 37.4 Å². The maximum atomic E-state index is 12.9. The minimum Gasteiger partial charge on any atom is -0.490 e. The van der Waals surface area contributed by atoms with Crippen LogP contribution in [0, 0.1) is 6.92 Å². The molecule has 0 aromatic heterocycles. The monoisotopic (exact) mass is 512 g/mol. The van der Waals surface area contributed by atoms with E-state index in [1.165, 1.54) is 0 Å². The van der Waals surface area contributed by atoms with Crippen molar-refractivity contribution in [1.29, 1.82) is 0 Å². The number of hydrogen-bond donors (Lipinski definition) is 0. The van der Waals surface area contributed by atoms with Crippen molar-refractivity contribution in [1.82, 2.24) is 0 Å². The summed E-state index contributed by atoms with van der Waals surface area (Å²) in [7, 11) is 0. The first kappa shape index (κ1) is 25.7. The van der Waals surface area contributed by atoms with Crippen molar-refractivity contribution in [2.24, 2.45) is 0 Å². The third-order valence-electron chi connectivity index (χ3n) is 5.54. The summed E-state index contributed by atoms with van der Waals surface area (Å²) in [5, 5.41) is 4.04. The van der Waals surface area contributed by atoms with E-state index < -0.39 is 11.9 Å². The molecular weight excluding hydrogens is 488 g/mol. The number of benzene rings is 4. The zero-order valence-corrected chi connectivity index (χ0v) is 21.0. The van der Waals surface area contributed by atoms with Crippen molar-refractivity contribution in [2.75, 3.05) is 13.2 Å². The molecule has 0 aliphatic heterocycles. The highest BCUT2D eigenvalue weighted by Crippen LogP contribution is 2.33. The normalized spacial score (nSPS) is 10.6. The van der Waals surface area contributed by atoms with Crippen LogP contribution in [-0.2, 0) is 14.3 Å². The summed E-state index contributed by atoms with van der Waals surface area (Å²) in [5.74, 6) is 0.0523. The lowest BCUT2D eigenvalue weighted by atomic mass is 10.0. The predicted molar refractivity (Wildman–Crippen MR) is 145 cm³/mol. The summed E-state index contributed by atoms with van der Waals surface area (Å²) in [6.45, 7) is 8.92. The van der Waals surface area contributed by atoms with Gasteiger partial charge in [-0.3, -0.25) is 4.79 Å². The van der Waals surface area contributed by atoms with Crippen LogP contribution in [0.15, 0.2) is 96.9 Å². The molecule has 0 radical (unpaired) electrons. The Labute approximate surface area is 218 Å². The van der Waals surface area contributed by atoms with E-state index in [1.54, 1.807) is 25.1 Å². The Morgan fingerprint density at radius 2 is 1.51 bits per heavy atom. The van der Waals surface area contributed by atoms with Crippen LogP contribution in [0.3, 0.4) is 0 Å². The molecule has 0 saturated carbocycles. The summed E-state index contributed by atoms with van der Waals surface area (Å²) >= 11 is 1.14. The van der Waals surface area contributed by atoms with Crippen molar-refractivity contribution in [3.05, 3.63) is 103 Å². The second-order valence-corrected chi connectivity index (χ2v) is 9.09. The van der Waals surface area contributed by atoms with Crippen LogP contribution in [0.1, 0.15) is 15.9 Å². The molecule has 6 nitrogen and oxygen atoms in total. The molecule has 0 fully saturated rings. The molecule has 4 aromatic rings. The molecule has 0 amide bonds. The van der Waals surface area contributed by atoms with Crippen molar-refractivity contribution >= 4 is 50.4 Å². The Morgan fingerprint density at radius 1 is 0.811 bits per heavy atom. The minimum absolute atomic E-state index is 0.106. The molecule has 0 atom stereocenters. The SMILES string of the molecule is C=CC(=O)OCCOc1ccc2c(ccc3cc(SC(=O)c4ccc(OC(=O)C=C)c(C)c4)ccc32)c1. The van der Waals surface area contributed by atoms with E-state index in [2.05, 4.69) is 13.2 Å². The molecule has 0 spiro atoms. The molecule has 4 rings (SSSR count). The Balaban J connectivity index is 1.47. The van der Waals surface area contributed by atoms with E-state index in [0.717, 1.165) is 50.4 Å². The maximum absolute atomic E-state index is 12.9. The smallest absolute Gasteiger partial charge is 0.335 e. The summed E-state index contributed by atoms with van der Waals surface area (Å²) in [6.07, 6.45) is 2.21. The molecule has 0 unspecified atom stereocenters. The molecule has 7 heteroatoms. The zero-order valence-electron chi connectivity index (χ0n) is 20.2. The van der Waals surface area contributed by atoms with Gasteiger partial charge < -0.3 is 14.2 Å². The second kappa shape index (κ2) is 11.6. The molecule has 0 N–H and O–H groups in total. The van der Waals surface area contributed by atoms with E-state index in [0.29, 0.717) is 22.6 Å². The van der Waals surface area contributed by atoms with E-state index in [4.69, 9.17) is 14.2 Å². The Morgan fingerprint density at radius 3 is 2.22 bits per heavy atom. The average Bonchev–Trinajstić information content (AvgIpc) is 2.91. The number of hydrogen-bond acceptors (Lipinski definition) is 7. The number of ether oxygens (including phenoxy) is 3. The van der Waals surface area contributed by atoms with Gasteiger partial charge in [0.15, 0.2) is 0 Å². The van der Waals surface area contributed by atoms with Crippen LogP contribution < -0.4 is 9.47 Å². The fourth-order valence-corrected chi connectivity index (χ4v) is 4.53. The summed E-state index contributed by atoms with van der Waals surface area (Å²) in [5.41, 5.74) is 1.21. The van der Waals surface area contributed by atoms with Crippen LogP contribution in [0.5, 0.6) is 11.5 Å². The second-order valence-electron chi connectivity index (χ2n) is 8.05. The highest BCUT2D eigenvalue weighted by atomic mass is 32.2. The van der Waals surface area contributed by atoms with E-state index >= 15 is 0 Å². The molecule has 0 aliphatic rings. The van der Waals surface area contributed by atoms with Crippen LogP contribution >= 0.6 is 11.8 Å². The van der Waals surface area contributed by atoms with E-state index in [1.807, 2.05) is 48.5 Å². The predicted octanol–water partition coefficient (Wildman–Crippen LogP) is 6.43. The highest BCUT2D eigenvalue weighted by Gasteiger charge is 2.13. The molecule has 0 heterocycles. The van der Waals surface area contributed by atoms with Gasteiger partial charge in [0.2, 0.25) is 5.12 Å². The van der Waals surface area contributed by atoms with Crippen molar-refractivity contribution in [2.45, 2.75) is 11.8 Å². The van der Waals surface area contributed by atoms with Gasteiger partial charge in [0, 0.05) is 22.6 Å². The lowest BCUT2D eigenvalue weighted by Crippen LogP contribution is -2.10. The topological polar surface area (TPSA) is 78.9 Å². The van der Waals surface area contributed by atoms with Gasteiger partial charge >= 0.3 is 11.9 Å². The third-order valence-corrected chi connectivity index (χ3v) is 6.45. The first-order chi connectivity index (χ1) is 17.9. The van der Waals surface area contributed by atoms with Gasteiger partial charge in [-0.25, -0.2) is 9.59 Å². The lowest BCUT2D eigenvalue weighted by molar-refractivity contribution is -0.138. The number of esters is 2. The highest BCUT2D eigenvalue weighted by molar-refractivity contribution is 8.14. The molecule has 0 bridgehead atoms. The number of carbonyl (C=O) groups is 3. The summed E-state index contributed by atoms with van der Waals surface area (Å²) in [4.78, 5) is 36.3. The van der Waals surface area contributed by atoms with Crippen molar-refractivity contribution in [3.8, 4) is 11.5 Å². The fraction of sp³-hybridized carbons (Fsp3) is 0.100. The molecule has 37 heavy (non-hydrogen) atoms. The fourth-order valence-electron chi connectivity index (χ4n) is 3.75. The van der Waals surface area contributed by atoms with Crippen molar-refractivity contribution < 1.29 is 28.6 Å². The van der Waals surface area contributed by atoms with Gasteiger partial charge in [0.05, 0.1) is 0 Å². The number of thioether (sulfide) groups is 1. The largest absolute Gasteiger partial charge is 0.490 e. The van der Waals surface area contributed by atoms with Gasteiger partial charge in [-0.15, -0.1) is 0 Å². The molecule has 186 valence electrons. The van der Waals surface area contributed by atoms with E-state index in [9.17, 15) is 14.4 Å². The minimum atomic E-state index is -0.546. The average molecular weight is 513 g/mol. The van der Waals surface area contributed by atoms with Crippen LogP contribution in [0.2, 0.25) is 0 Å². The van der Waals surface area contributed by atoms with Crippen LogP contribution in [-0.4, -0.2) is 30.3 Å². The van der Waals surface area contributed by atoms with Crippen LogP contribution in [0.4, 0.5) is 0 Å². The molecule has 4 aromatic carbocycles. The molecule has 0 saturated heterocycles. The summed E-state index contributed by atoms with van der Waals surface area (Å²) in [6, 6.07) is 20.7. The first-order valence-electron chi connectivity index (χ1n) is 11.4. The van der Waals surface area contributed by atoms with Gasteiger partial charge in [0.1, 0.15) is 24.7 Å². The number of fused-ring (bicyclic) bond motifs is 3.